The van der Waals surface area contributed by atoms with Gasteiger partial charge in [0.2, 0.25) is 0 Å². The van der Waals surface area contributed by atoms with Crippen molar-refractivity contribution in [2.45, 2.75) is 72.4 Å². The van der Waals surface area contributed by atoms with Crippen molar-refractivity contribution in [3.63, 3.8) is 0 Å². The Hall–Kier alpha value is -1.55. The standard InChI is InChI=1S/C15H14.C5H9F3.C4H12Si/c1-15(2)13-9-5-3-7-11(13)12-8-4-6-10-14(12)15;1-4(2,3)5(6,7)8;1-5(2,3)4/h3-10H,1-2H3;1-3H3;1-4H3. The molecule has 0 aliphatic heterocycles. The smallest absolute Gasteiger partial charge is 0.171 e. The maximum atomic E-state index is 11.6. The molecule has 156 valence electrons. The minimum absolute atomic E-state index is 0.160. The zero-order chi connectivity index (χ0) is 22.0. The minimum Gasteiger partial charge on any atom is -0.171 e. The van der Waals surface area contributed by atoms with E-state index in [1.165, 1.54) is 22.3 Å². The van der Waals surface area contributed by atoms with E-state index in [0.29, 0.717) is 0 Å². The van der Waals surface area contributed by atoms with Crippen molar-refractivity contribution in [1.29, 1.82) is 0 Å². The molecule has 0 nitrogen and oxygen atoms in total. The number of alkyl halides is 3. The third-order valence-electron chi connectivity index (χ3n) is 4.34. The molecule has 0 radical (unpaired) electrons. The van der Waals surface area contributed by atoms with E-state index >= 15 is 0 Å². The van der Waals surface area contributed by atoms with E-state index in [2.05, 4.69) is 88.6 Å². The van der Waals surface area contributed by atoms with E-state index in [0.717, 1.165) is 20.8 Å². The fourth-order valence-corrected chi connectivity index (χ4v) is 2.67. The van der Waals surface area contributed by atoms with E-state index < -0.39 is 19.7 Å². The highest BCUT2D eigenvalue weighted by Gasteiger charge is 2.42. The van der Waals surface area contributed by atoms with Gasteiger partial charge in [0.1, 0.15) is 0 Å². The summed E-state index contributed by atoms with van der Waals surface area (Å²) in [5.74, 6) is 0. The molecule has 3 rings (SSSR count). The van der Waals surface area contributed by atoms with Gasteiger partial charge in [-0.2, -0.15) is 13.2 Å². The summed E-state index contributed by atoms with van der Waals surface area (Å²) in [6, 6.07) is 17.4. The molecule has 0 N–H and O–H groups in total. The van der Waals surface area contributed by atoms with Gasteiger partial charge in [-0.1, -0.05) is 109 Å². The Labute approximate surface area is 170 Å². The van der Waals surface area contributed by atoms with Gasteiger partial charge in [0.05, 0.1) is 5.41 Å². The molecule has 0 aromatic heterocycles. The second kappa shape index (κ2) is 8.44. The van der Waals surface area contributed by atoms with Crippen LogP contribution >= 0.6 is 0 Å². The molecule has 1 aliphatic rings. The molecule has 1 aliphatic carbocycles. The predicted molar refractivity (Wildman–Crippen MR) is 119 cm³/mol. The van der Waals surface area contributed by atoms with Gasteiger partial charge in [-0.3, -0.25) is 0 Å². The molecule has 0 atom stereocenters. The van der Waals surface area contributed by atoms with Gasteiger partial charge in [0.15, 0.2) is 0 Å². The summed E-state index contributed by atoms with van der Waals surface area (Å²) in [6.07, 6.45) is -4.06. The van der Waals surface area contributed by atoms with Crippen molar-refractivity contribution >= 4 is 8.07 Å². The first kappa shape index (κ1) is 24.5. The quantitative estimate of drug-likeness (QED) is 0.383. The summed E-state index contributed by atoms with van der Waals surface area (Å²) in [7, 11) is -0.611. The lowest BCUT2D eigenvalue weighted by Crippen LogP contribution is -2.28. The summed E-state index contributed by atoms with van der Waals surface area (Å²) in [6.45, 7) is 17.3. The summed E-state index contributed by atoms with van der Waals surface area (Å²) in [4.78, 5) is 0. The van der Waals surface area contributed by atoms with Gasteiger partial charge in [-0.15, -0.1) is 0 Å². The van der Waals surface area contributed by atoms with Crippen LogP contribution in [-0.2, 0) is 5.41 Å². The molecule has 2 aromatic rings. The minimum atomic E-state index is -4.06. The molecule has 0 amide bonds. The van der Waals surface area contributed by atoms with E-state index in [-0.39, 0.29) is 5.41 Å². The van der Waals surface area contributed by atoms with Crippen LogP contribution in [0.5, 0.6) is 0 Å². The van der Waals surface area contributed by atoms with Crippen LogP contribution in [0.25, 0.3) is 11.1 Å². The summed E-state index contributed by atoms with van der Waals surface area (Å²) >= 11 is 0. The second-order valence-corrected chi connectivity index (χ2v) is 16.5. The summed E-state index contributed by atoms with van der Waals surface area (Å²) in [5.41, 5.74) is 4.30. The summed E-state index contributed by atoms with van der Waals surface area (Å²) < 4.78 is 34.7. The lowest BCUT2D eigenvalue weighted by atomic mass is 9.82. The van der Waals surface area contributed by atoms with Gasteiger partial charge in [0.25, 0.3) is 0 Å². The van der Waals surface area contributed by atoms with Crippen molar-refractivity contribution < 1.29 is 13.2 Å². The molecular weight excluding hydrogens is 373 g/mol. The molecule has 0 unspecified atom stereocenters. The first-order chi connectivity index (χ1) is 12.5. The molecule has 0 heterocycles. The average Bonchev–Trinajstić information content (AvgIpc) is 2.74. The van der Waals surface area contributed by atoms with E-state index in [1.807, 2.05) is 0 Å². The Bertz CT molecular complexity index is 710. The molecular formula is C24H35F3Si. The fraction of sp³-hybridized carbons (Fsp3) is 0.500. The van der Waals surface area contributed by atoms with Crippen molar-refractivity contribution in [2.24, 2.45) is 5.41 Å². The van der Waals surface area contributed by atoms with Crippen LogP contribution in [0.4, 0.5) is 13.2 Å². The first-order valence-corrected chi connectivity index (χ1v) is 13.7. The van der Waals surface area contributed by atoms with Crippen LogP contribution in [0.3, 0.4) is 0 Å². The Morgan fingerprint density at radius 2 is 0.929 bits per heavy atom. The van der Waals surface area contributed by atoms with Gasteiger partial charge < -0.3 is 0 Å². The van der Waals surface area contributed by atoms with E-state index in [9.17, 15) is 13.2 Å². The average molecular weight is 409 g/mol. The molecule has 4 heteroatoms. The Morgan fingerprint density at radius 1 is 0.679 bits per heavy atom. The number of halogens is 3. The van der Waals surface area contributed by atoms with Crippen molar-refractivity contribution in [2.75, 3.05) is 0 Å². The number of hydrogen-bond donors (Lipinski definition) is 0. The molecule has 28 heavy (non-hydrogen) atoms. The van der Waals surface area contributed by atoms with Crippen LogP contribution < -0.4 is 0 Å². The zero-order valence-electron chi connectivity index (χ0n) is 18.8. The van der Waals surface area contributed by atoms with Crippen LogP contribution in [0.2, 0.25) is 26.2 Å². The molecule has 0 spiro atoms. The van der Waals surface area contributed by atoms with Crippen LogP contribution in [0.1, 0.15) is 45.7 Å². The Kier molecular flexibility index (Phi) is 7.38. The van der Waals surface area contributed by atoms with Crippen LogP contribution in [0.15, 0.2) is 48.5 Å². The maximum Gasteiger partial charge on any atom is 0.393 e. The highest BCUT2D eigenvalue weighted by atomic mass is 28.3. The maximum absolute atomic E-state index is 11.6. The zero-order valence-corrected chi connectivity index (χ0v) is 19.8. The highest BCUT2D eigenvalue weighted by Crippen LogP contribution is 2.48. The topological polar surface area (TPSA) is 0 Å². The van der Waals surface area contributed by atoms with Crippen molar-refractivity contribution in [1.82, 2.24) is 0 Å². The Morgan fingerprint density at radius 3 is 1.18 bits per heavy atom. The first-order valence-electron chi connectivity index (χ1n) is 9.72. The number of fused-ring (bicyclic) bond motifs is 3. The number of rotatable bonds is 0. The molecule has 0 bridgehead atoms. The third-order valence-corrected chi connectivity index (χ3v) is 4.34. The summed E-state index contributed by atoms with van der Waals surface area (Å²) in [5, 5.41) is 0. The monoisotopic (exact) mass is 408 g/mol. The SMILES string of the molecule is CC(C)(C)C(F)(F)F.CC1(C)c2ccccc2-c2ccccc21.C[Si](C)(C)C. The highest BCUT2D eigenvalue weighted by molar-refractivity contribution is 6.74. The van der Waals surface area contributed by atoms with Crippen LogP contribution in [0, 0.1) is 5.41 Å². The lowest BCUT2D eigenvalue weighted by Gasteiger charge is -2.21. The Balaban J connectivity index is 0.000000256. The second-order valence-electron chi connectivity index (χ2n) is 10.5. The van der Waals surface area contributed by atoms with E-state index in [4.69, 9.17) is 0 Å². The van der Waals surface area contributed by atoms with E-state index in [1.54, 1.807) is 0 Å². The van der Waals surface area contributed by atoms with Gasteiger partial charge in [-0.05, 0) is 22.3 Å². The van der Waals surface area contributed by atoms with Gasteiger partial charge in [-0.25, -0.2) is 0 Å². The van der Waals surface area contributed by atoms with Crippen LogP contribution in [-0.4, -0.2) is 14.3 Å². The number of benzene rings is 2. The molecule has 0 fully saturated rings. The van der Waals surface area contributed by atoms with Crippen molar-refractivity contribution in [3.8, 4) is 11.1 Å². The predicted octanol–water partition coefficient (Wildman–Crippen LogP) is 8.54. The fourth-order valence-electron chi connectivity index (χ4n) is 2.67. The normalized spacial score (nSPS) is 14.7. The largest absolute Gasteiger partial charge is 0.393 e. The molecule has 0 saturated carbocycles. The van der Waals surface area contributed by atoms with Crippen molar-refractivity contribution in [3.05, 3.63) is 59.7 Å². The van der Waals surface area contributed by atoms with Gasteiger partial charge >= 0.3 is 6.18 Å². The van der Waals surface area contributed by atoms with Gasteiger partial charge in [0, 0.05) is 13.5 Å². The number of hydrogen-bond acceptors (Lipinski definition) is 0. The molecule has 2 aromatic carbocycles. The molecule has 0 saturated heterocycles. The third kappa shape index (κ3) is 6.51. The lowest BCUT2D eigenvalue weighted by molar-refractivity contribution is -0.204.